The molecule has 110 valence electrons. The largest absolute Gasteiger partial charge is 0.433 e. The molecule has 1 heterocycles. The van der Waals surface area contributed by atoms with E-state index >= 15 is 0 Å². The van der Waals surface area contributed by atoms with Crippen molar-refractivity contribution in [3.63, 3.8) is 0 Å². The summed E-state index contributed by atoms with van der Waals surface area (Å²) in [6, 6.07) is 0.617. The smallest absolute Gasteiger partial charge is 0.396 e. The third-order valence-electron chi connectivity index (χ3n) is 3.32. The topological polar surface area (TPSA) is 88.3 Å². The van der Waals surface area contributed by atoms with Gasteiger partial charge < -0.3 is 10.4 Å². The standard InChI is InChI=1S/C11H12F3N3O3/c12-11(13,14)9-3-7(8(4-15-9)17(19)20)16-5-10(6-18)1-2-10/h3-4,18H,1-2,5-6H2,(H,15,16). The molecule has 0 spiro atoms. The van der Waals surface area contributed by atoms with Gasteiger partial charge in [0.2, 0.25) is 0 Å². The minimum atomic E-state index is -4.67. The number of aliphatic hydroxyl groups excluding tert-OH is 1. The molecule has 0 atom stereocenters. The highest BCUT2D eigenvalue weighted by Crippen LogP contribution is 2.45. The molecule has 1 aromatic rings. The van der Waals surface area contributed by atoms with E-state index < -0.39 is 22.5 Å². The first kappa shape index (κ1) is 14.5. The van der Waals surface area contributed by atoms with Crippen LogP contribution < -0.4 is 5.32 Å². The van der Waals surface area contributed by atoms with Crippen LogP contribution in [0.4, 0.5) is 24.5 Å². The van der Waals surface area contributed by atoms with Gasteiger partial charge in [-0.2, -0.15) is 13.2 Å². The molecule has 0 radical (unpaired) electrons. The minimum absolute atomic E-state index is 0.106. The molecule has 0 aromatic carbocycles. The number of alkyl halides is 3. The quantitative estimate of drug-likeness (QED) is 0.641. The number of rotatable bonds is 5. The summed E-state index contributed by atoms with van der Waals surface area (Å²) < 4.78 is 37.7. The molecule has 0 saturated heterocycles. The van der Waals surface area contributed by atoms with E-state index in [2.05, 4.69) is 10.3 Å². The van der Waals surface area contributed by atoms with Crippen molar-refractivity contribution in [3.05, 3.63) is 28.1 Å². The Morgan fingerprint density at radius 3 is 2.60 bits per heavy atom. The number of nitrogens with one attached hydrogen (secondary N) is 1. The van der Waals surface area contributed by atoms with Crippen molar-refractivity contribution in [3.8, 4) is 0 Å². The van der Waals surface area contributed by atoms with Crippen LogP contribution in [0.15, 0.2) is 12.3 Å². The average molecular weight is 291 g/mol. The number of halogens is 3. The van der Waals surface area contributed by atoms with Crippen LogP contribution >= 0.6 is 0 Å². The molecule has 2 rings (SSSR count). The summed E-state index contributed by atoms with van der Waals surface area (Å²) in [5, 5.41) is 22.5. The zero-order valence-electron chi connectivity index (χ0n) is 10.3. The van der Waals surface area contributed by atoms with E-state index in [1.807, 2.05) is 0 Å². The van der Waals surface area contributed by atoms with E-state index in [4.69, 9.17) is 5.11 Å². The van der Waals surface area contributed by atoms with Gasteiger partial charge in [-0.15, -0.1) is 0 Å². The van der Waals surface area contributed by atoms with E-state index in [0.717, 1.165) is 12.8 Å². The average Bonchev–Trinajstić information content (AvgIpc) is 3.15. The molecule has 0 aliphatic heterocycles. The van der Waals surface area contributed by atoms with Gasteiger partial charge in [0.25, 0.3) is 0 Å². The number of anilines is 1. The molecule has 1 saturated carbocycles. The molecule has 1 aliphatic carbocycles. The Hall–Kier alpha value is -1.90. The zero-order chi connectivity index (χ0) is 15.0. The van der Waals surface area contributed by atoms with Gasteiger partial charge in [0, 0.05) is 12.0 Å². The molecule has 9 heteroatoms. The molecule has 1 aliphatic rings. The Bertz CT molecular complexity index is 529. The second-order valence-electron chi connectivity index (χ2n) is 4.85. The Balaban J connectivity index is 2.25. The first-order chi connectivity index (χ1) is 9.27. The van der Waals surface area contributed by atoms with Gasteiger partial charge in [0.1, 0.15) is 17.6 Å². The maximum absolute atomic E-state index is 12.6. The number of hydrogen-bond donors (Lipinski definition) is 2. The molecule has 1 fully saturated rings. The zero-order valence-corrected chi connectivity index (χ0v) is 10.3. The van der Waals surface area contributed by atoms with E-state index in [9.17, 15) is 23.3 Å². The van der Waals surface area contributed by atoms with Crippen LogP contribution in [0.25, 0.3) is 0 Å². The van der Waals surface area contributed by atoms with Crippen LogP contribution in [-0.4, -0.2) is 28.2 Å². The first-order valence-electron chi connectivity index (χ1n) is 5.84. The summed E-state index contributed by atoms with van der Waals surface area (Å²) in [6.07, 6.45) is -2.60. The van der Waals surface area contributed by atoms with Gasteiger partial charge in [-0.3, -0.25) is 10.1 Å². The lowest BCUT2D eigenvalue weighted by Gasteiger charge is -2.15. The molecular formula is C11H12F3N3O3. The molecule has 0 amide bonds. The van der Waals surface area contributed by atoms with Crippen molar-refractivity contribution >= 4 is 11.4 Å². The predicted octanol–water partition coefficient (Wildman–Crippen LogP) is 2.19. The molecule has 2 N–H and O–H groups in total. The number of aromatic nitrogens is 1. The number of hydrogen-bond acceptors (Lipinski definition) is 5. The fraction of sp³-hybridized carbons (Fsp3) is 0.545. The van der Waals surface area contributed by atoms with E-state index in [1.165, 1.54) is 0 Å². The fourth-order valence-corrected chi connectivity index (χ4v) is 1.74. The van der Waals surface area contributed by atoms with Crippen molar-refractivity contribution < 1.29 is 23.2 Å². The minimum Gasteiger partial charge on any atom is -0.396 e. The van der Waals surface area contributed by atoms with Gasteiger partial charge in [-0.1, -0.05) is 0 Å². The van der Waals surface area contributed by atoms with E-state index in [-0.39, 0.29) is 24.3 Å². The molecule has 6 nitrogen and oxygen atoms in total. The molecule has 0 unspecified atom stereocenters. The van der Waals surface area contributed by atoms with Crippen LogP contribution in [0, 0.1) is 15.5 Å². The maximum atomic E-state index is 12.6. The summed E-state index contributed by atoms with van der Waals surface area (Å²) in [4.78, 5) is 13.0. The molecule has 0 bridgehead atoms. The number of nitro groups is 1. The van der Waals surface area contributed by atoms with Crippen LogP contribution in [0.5, 0.6) is 0 Å². The van der Waals surface area contributed by atoms with Gasteiger partial charge >= 0.3 is 11.9 Å². The SMILES string of the molecule is O=[N+]([O-])c1cnc(C(F)(F)F)cc1NCC1(CO)CC1. The second-order valence-corrected chi connectivity index (χ2v) is 4.85. The highest BCUT2D eigenvalue weighted by molar-refractivity contribution is 5.61. The second kappa shape index (κ2) is 4.89. The van der Waals surface area contributed by atoms with E-state index in [0.29, 0.717) is 12.3 Å². The van der Waals surface area contributed by atoms with Crippen molar-refractivity contribution in [1.29, 1.82) is 0 Å². The normalized spacial score (nSPS) is 16.8. The summed E-state index contributed by atoms with van der Waals surface area (Å²) in [6.45, 7) is 0.0800. The van der Waals surface area contributed by atoms with Crippen molar-refractivity contribution in [1.82, 2.24) is 4.98 Å². The summed E-state index contributed by atoms with van der Waals surface area (Å²) in [5.74, 6) is 0. The van der Waals surface area contributed by atoms with Crippen LogP contribution in [0.3, 0.4) is 0 Å². The fourth-order valence-electron chi connectivity index (χ4n) is 1.74. The third-order valence-corrected chi connectivity index (χ3v) is 3.32. The van der Waals surface area contributed by atoms with Gasteiger partial charge in [0.15, 0.2) is 0 Å². The van der Waals surface area contributed by atoms with E-state index in [1.54, 1.807) is 0 Å². The lowest BCUT2D eigenvalue weighted by Crippen LogP contribution is -2.20. The lowest BCUT2D eigenvalue weighted by molar-refractivity contribution is -0.384. The monoisotopic (exact) mass is 291 g/mol. The van der Waals surface area contributed by atoms with Crippen LogP contribution in [-0.2, 0) is 6.18 Å². The molecule has 1 aromatic heterocycles. The first-order valence-corrected chi connectivity index (χ1v) is 5.84. The Labute approximate surface area is 111 Å². The summed E-state index contributed by atoms with van der Waals surface area (Å²) >= 11 is 0. The number of aliphatic hydroxyl groups is 1. The Morgan fingerprint density at radius 1 is 1.50 bits per heavy atom. The highest BCUT2D eigenvalue weighted by atomic mass is 19.4. The lowest BCUT2D eigenvalue weighted by atomic mass is 10.1. The van der Waals surface area contributed by atoms with Crippen molar-refractivity contribution in [2.75, 3.05) is 18.5 Å². The number of nitrogens with zero attached hydrogens (tertiary/aromatic N) is 2. The molecular weight excluding hydrogens is 279 g/mol. The highest BCUT2D eigenvalue weighted by Gasteiger charge is 2.42. The van der Waals surface area contributed by atoms with Gasteiger partial charge in [0.05, 0.1) is 11.5 Å². The molecule has 20 heavy (non-hydrogen) atoms. The maximum Gasteiger partial charge on any atom is 0.433 e. The summed E-state index contributed by atoms with van der Waals surface area (Å²) in [7, 11) is 0. The summed E-state index contributed by atoms with van der Waals surface area (Å²) in [5.41, 5.74) is -2.33. The van der Waals surface area contributed by atoms with Crippen molar-refractivity contribution in [2.45, 2.75) is 19.0 Å². The predicted molar refractivity (Wildman–Crippen MR) is 63.1 cm³/mol. The Morgan fingerprint density at radius 2 is 2.15 bits per heavy atom. The van der Waals surface area contributed by atoms with Crippen LogP contribution in [0.2, 0.25) is 0 Å². The van der Waals surface area contributed by atoms with Gasteiger partial charge in [-0.05, 0) is 18.9 Å². The van der Waals surface area contributed by atoms with Crippen LogP contribution in [0.1, 0.15) is 18.5 Å². The van der Waals surface area contributed by atoms with Crippen molar-refractivity contribution in [2.24, 2.45) is 5.41 Å². The third kappa shape index (κ3) is 2.98. The van der Waals surface area contributed by atoms with Gasteiger partial charge in [-0.25, -0.2) is 4.98 Å². The number of pyridine rings is 1. The Kier molecular flexibility index (Phi) is 3.55.